The first-order chi connectivity index (χ1) is 16.1. The van der Waals surface area contributed by atoms with Crippen LogP contribution in [0.5, 0.6) is 0 Å². The molecule has 178 valence electrons. The highest BCUT2D eigenvalue weighted by atomic mass is 32.2. The number of rotatable bonds is 8. The van der Waals surface area contributed by atoms with Gasteiger partial charge in [0, 0.05) is 0 Å². The van der Waals surface area contributed by atoms with Crippen LogP contribution in [0.4, 0.5) is 11.4 Å². The number of aryl methyl sites for hydroxylation is 2. The summed E-state index contributed by atoms with van der Waals surface area (Å²) in [6.07, 6.45) is 1.06. The van der Waals surface area contributed by atoms with E-state index in [0.717, 1.165) is 27.3 Å². The summed E-state index contributed by atoms with van der Waals surface area (Å²) in [4.78, 5) is 25.8. The Morgan fingerprint density at radius 3 is 2.24 bits per heavy atom. The van der Waals surface area contributed by atoms with Crippen molar-refractivity contribution in [2.45, 2.75) is 26.8 Å². The number of benzene rings is 3. The molecule has 3 rings (SSSR count). The molecule has 0 saturated heterocycles. The Hall–Kier alpha value is -3.65. The average molecular weight is 480 g/mol. The number of amides is 2. The third-order valence-electron chi connectivity index (χ3n) is 5.40. The molecule has 0 spiro atoms. The summed E-state index contributed by atoms with van der Waals surface area (Å²) >= 11 is 0. The summed E-state index contributed by atoms with van der Waals surface area (Å²) in [5, 5.41) is 5.63. The Balaban J connectivity index is 1.79. The van der Waals surface area contributed by atoms with E-state index in [9.17, 15) is 18.0 Å². The Morgan fingerprint density at radius 1 is 0.941 bits per heavy atom. The summed E-state index contributed by atoms with van der Waals surface area (Å²) < 4.78 is 26.0. The molecule has 3 aromatic carbocycles. The standard InChI is InChI=1S/C26H29N3O4S/c1-18-14-15-24(19(2)16-18)29(34(4,32)33)17-25(30)28-23-13-9-8-12-22(23)26(31)27-20(3)21-10-6-5-7-11-21/h5-16,20H,17H2,1-4H3,(H,27,31)(H,28,30)/t20-/m1/s1. The number of sulfonamides is 1. The van der Waals surface area contributed by atoms with Crippen LogP contribution in [-0.2, 0) is 14.8 Å². The van der Waals surface area contributed by atoms with Crippen LogP contribution in [0, 0.1) is 13.8 Å². The van der Waals surface area contributed by atoms with Crippen molar-refractivity contribution in [3.8, 4) is 0 Å². The van der Waals surface area contributed by atoms with E-state index in [4.69, 9.17) is 0 Å². The van der Waals surface area contributed by atoms with Crippen LogP contribution < -0.4 is 14.9 Å². The quantitative estimate of drug-likeness (QED) is 0.506. The maximum atomic E-state index is 12.9. The molecule has 7 nitrogen and oxygen atoms in total. The monoisotopic (exact) mass is 479 g/mol. The van der Waals surface area contributed by atoms with Gasteiger partial charge in [-0.3, -0.25) is 13.9 Å². The zero-order valence-corrected chi connectivity index (χ0v) is 20.5. The molecule has 0 radical (unpaired) electrons. The molecule has 0 fully saturated rings. The Bertz CT molecular complexity index is 1290. The molecule has 0 aliphatic rings. The number of hydrogen-bond donors (Lipinski definition) is 2. The van der Waals surface area contributed by atoms with Crippen molar-refractivity contribution in [3.05, 3.63) is 95.1 Å². The van der Waals surface area contributed by atoms with Gasteiger partial charge in [-0.1, -0.05) is 60.2 Å². The van der Waals surface area contributed by atoms with Gasteiger partial charge in [0.2, 0.25) is 15.9 Å². The van der Waals surface area contributed by atoms with E-state index in [1.807, 2.05) is 50.2 Å². The van der Waals surface area contributed by atoms with Gasteiger partial charge in [-0.15, -0.1) is 0 Å². The second kappa shape index (κ2) is 10.5. The summed E-state index contributed by atoms with van der Waals surface area (Å²) in [6, 6.07) is 21.3. The molecule has 0 bridgehead atoms. The van der Waals surface area contributed by atoms with Crippen LogP contribution in [-0.4, -0.2) is 33.0 Å². The molecule has 0 aromatic heterocycles. The fraction of sp³-hybridized carbons (Fsp3) is 0.231. The van der Waals surface area contributed by atoms with Crippen LogP contribution in [0.2, 0.25) is 0 Å². The minimum Gasteiger partial charge on any atom is -0.345 e. The number of carbonyl (C=O) groups is 2. The van der Waals surface area contributed by atoms with Crippen molar-refractivity contribution in [3.63, 3.8) is 0 Å². The second-order valence-electron chi connectivity index (χ2n) is 8.26. The lowest BCUT2D eigenvalue weighted by Gasteiger charge is -2.24. The third-order valence-corrected chi connectivity index (χ3v) is 6.53. The summed E-state index contributed by atoms with van der Waals surface area (Å²) in [5.41, 5.74) is 3.72. The van der Waals surface area contributed by atoms with Crippen LogP contribution in [0.25, 0.3) is 0 Å². The van der Waals surface area contributed by atoms with Gasteiger partial charge in [-0.25, -0.2) is 8.42 Å². The van der Waals surface area contributed by atoms with Crippen molar-refractivity contribution < 1.29 is 18.0 Å². The highest BCUT2D eigenvalue weighted by Crippen LogP contribution is 2.24. The van der Waals surface area contributed by atoms with Crippen LogP contribution in [0.3, 0.4) is 0 Å². The van der Waals surface area contributed by atoms with Crippen molar-refractivity contribution in [1.82, 2.24) is 5.32 Å². The van der Waals surface area contributed by atoms with Gasteiger partial charge < -0.3 is 10.6 Å². The Kier molecular flexibility index (Phi) is 7.73. The van der Waals surface area contributed by atoms with Gasteiger partial charge in [-0.2, -0.15) is 0 Å². The third kappa shape index (κ3) is 6.23. The molecular weight excluding hydrogens is 450 g/mol. The van der Waals surface area contributed by atoms with E-state index in [2.05, 4.69) is 10.6 Å². The van der Waals surface area contributed by atoms with Gasteiger partial charge in [0.1, 0.15) is 6.54 Å². The van der Waals surface area contributed by atoms with Crippen molar-refractivity contribution >= 4 is 33.2 Å². The molecule has 0 heterocycles. The van der Waals surface area contributed by atoms with Gasteiger partial charge in [0.05, 0.1) is 29.2 Å². The molecule has 0 saturated carbocycles. The van der Waals surface area contributed by atoms with Crippen molar-refractivity contribution in [1.29, 1.82) is 0 Å². The fourth-order valence-electron chi connectivity index (χ4n) is 3.68. The van der Waals surface area contributed by atoms with Crippen LogP contribution >= 0.6 is 0 Å². The average Bonchev–Trinajstić information content (AvgIpc) is 2.78. The summed E-state index contributed by atoms with van der Waals surface area (Å²) in [7, 11) is -3.72. The lowest BCUT2D eigenvalue weighted by molar-refractivity contribution is -0.114. The van der Waals surface area contributed by atoms with E-state index in [1.54, 1.807) is 43.3 Å². The lowest BCUT2D eigenvalue weighted by atomic mass is 10.1. The number of nitrogens with zero attached hydrogens (tertiary/aromatic N) is 1. The first-order valence-corrected chi connectivity index (χ1v) is 12.7. The molecule has 2 N–H and O–H groups in total. The SMILES string of the molecule is Cc1ccc(N(CC(=O)Nc2ccccc2C(=O)N[C@H](C)c2ccccc2)S(C)(=O)=O)c(C)c1. The summed E-state index contributed by atoms with van der Waals surface area (Å²) in [5.74, 6) is -0.900. The van der Waals surface area contributed by atoms with E-state index in [0.29, 0.717) is 11.4 Å². The maximum absolute atomic E-state index is 12.9. The zero-order chi connectivity index (χ0) is 24.9. The number of para-hydroxylation sites is 1. The van der Waals surface area contributed by atoms with Crippen molar-refractivity contribution in [2.24, 2.45) is 0 Å². The van der Waals surface area contributed by atoms with E-state index in [-0.39, 0.29) is 17.5 Å². The number of anilines is 2. The highest BCUT2D eigenvalue weighted by molar-refractivity contribution is 7.92. The van der Waals surface area contributed by atoms with E-state index >= 15 is 0 Å². The molecular formula is C26H29N3O4S. The molecule has 1 atom stereocenters. The number of hydrogen-bond acceptors (Lipinski definition) is 4. The van der Waals surface area contributed by atoms with Gasteiger partial charge in [0.15, 0.2) is 0 Å². The largest absolute Gasteiger partial charge is 0.345 e. The lowest BCUT2D eigenvalue weighted by Crippen LogP contribution is -2.38. The Labute approximate surface area is 200 Å². The molecule has 34 heavy (non-hydrogen) atoms. The van der Waals surface area contributed by atoms with Crippen LogP contribution in [0.1, 0.15) is 40.0 Å². The van der Waals surface area contributed by atoms with Crippen molar-refractivity contribution in [2.75, 3.05) is 22.4 Å². The summed E-state index contributed by atoms with van der Waals surface area (Å²) in [6.45, 7) is 5.17. The Morgan fingerprint density at radius 2 is 1.59 bits per heavy atom. The minimum atomic E-state index is -3.72. The molecule has 0 unspecified atom stereocenters. The maximum Gasteiger partial charge on any atom is 0.253 e. The van der Waals surface area contributed by atoms with E-state index in [1.165, 1.54) is 0 Å². The fourth-order valence-corrected chi connectivity index (χ4v) is 4.59. The predicted octanol–water partition coefficient (Wildman–Crippen LogP) is 4.20. The second-order valence-corrected chi connectivity index (χ2v) is 10.2. The smallest absolute Gasteiger partial charge is 0.253 e. The number of carbonyl (C=O) groups excluding carboxylic acids is 2. The highest BCUT2D eigenvalue weighted by Gasteiger charge is 2.23. The van der Waals surface area contributed by atoms with Gasteiger partial charge in [0.25, 0.3) is 5.91 Å². The molecule has 2 amide bonds. The van der Waals surface area contributed by atoms with Gasteiger partial charge >= 0.3 is 0 Å². The van der Waals surface area contributed by atoms with Crippen LogP contribution in [0.15, 0.2) is 72.8 Å². The minimum absolute atomic E-state index is 0.234. The molecule has 8 heteroatoms. The van der Waals surface area contributed by atoms with Gasteiger partial charge in [-0.05, 0) is 50.1 Å². The predicted molar refractivity (Wildman–Crippen MR) is 136 cm³/mol. The normalized spacial score (nSPS) is 12.0. The molecule has 0 aliphatic heterocycles. The molecule has 3 aromatic rings. The van der Waals surface area contributed by atoms with E-state index < -0.39 is 22.5 Å². The topological polar surface area (TPSA) is 95.6 Å². The zero-order valence-electron chi connectivity index (χ0n) is 19.7. The molecule has 0 aliphatic carbocycles. The first kappa shape index (κ1) is 25.0. The first-order valence-electron chi connectivity index (χ1n) is 10.9. The number of nitrogens with one attached hydrogen (secondary N) is 2.